The van der Waals surface area contributed by atoms with Gasteiger partial charge < -0.3 is 19.7 Å². The molecule has 0 saturated heterocycles. The Bertz CT molecular complexity index is 770. The molecule has 30 heavy (non-hydrogen) atoms. The number of ether oxygens (including phenoxy) is 2. The van der Waals surface area contributed by atoms with Gasteiger partial charge in [0.05, 0.1) is 33.3 Å². The fourth-order valence-electron chi connectivity index (χ4n) is 4.14. The number of aliphatic hydroxyl groups excluding tert-OH is 2. The Morgan fingerprint density at radius 2 is 1.03 bits per heavy atom. The van der Waals surface area contributed by atoms with Gasteiger partial charge >= 0.3 is 0 Å². The van der Waals surface area contributed by atoms with Crippen LogP contribution in [0.4, 0.5) is 0 Å². The van der Waals surface area contributed by atoms with Crippen molar-refractivity contribution in [3.63, 3.8) is 0 Å². The summed E-state index contributed by atoms with van der Waals surface area (Å²) in [5.41, 5.74) is 1.61. The number of benzene rings is 2. The number of hydrogen-bond acceptors (Lipinski definition) is 4. The van der Waals surface area contributed by atoms with E-state index in [2.05, 4.69) is 0 Å². The zero-order chi connectivity index (χ0) is 21.7. The van der Waals surface area contributed by atoms with E-state index in [1.165, 1.54) is 0 Å². The van der Waals surface area contributed by atoms with Crippen molar-refractivity contribution in [3.05, 3.63) is 55.5 Å². The number of aliphatic hydroxyl groups is 2. The van der Waals surface area contributed by atoms with Crippen LogP contribution in [0, 0.1) is 0 Å². The predicted octanol–water partition coefficient (Wildman–Crippen LogP) is 6.29. The lowest BCUT2D eigenvalue weighted by Gasteiger charge is -2.39. The van der Waals surface area contributed by atoms with Gasteiger partial charge in [0.1, 0.15) is 13.2 Å². The largest absolute Gasteiger partial charge is 0.488 e. The number of hydrogen-bond donors (Lipinski definition) is 2. The fraction of sp³-hybridized carbons (Fsp3) is 0.455. The van der Waals surface area contributed by atoms with E-state index in [9.17, 15) is 0 Å². The zero-order valence-electron chi connectivity index (χ0n) is 16.4. The fourth-order valence-corrected chi connectivity index (χ4v) is 5.34. The first kappa shape index (κ1) is 23.8. The summed E-state index contributed by atoms with van der Waals surface area (Å²) in [7, 11) is 0. The summed E-state index contributed by atoms with van der Waals surface area (Å²) in [6, 6.07) is 7.51. The lowest BCUT2D eigenvalue weighted by Crippen LogP contribution is -2.30. The summed E-state index contributed by atoms with van der Waals surface area (Å²) >= 11 is 26.0. The molecule has 0 spiro atoms. The van der Waals surface area contributed by atoms with Gasteiger partial charge in [-0.15, -0.1) is 0 Å². The third-order valence-electron chi connectivity index (χ3n) is 5.48. The molecule has 0 aromatic heterocycles. The minimum Gasteiger partial charge on any atom is -0.488 e. The van der Waals surface area contributed by atoms with Gasteiger partial charge in [-0.3, -0.25) is 0 Å². The van der Waals surface area contributed by atoms with Gasteiger partial charge in [0.2, 0.25) is 0 Å². The van der Waals surface area contributed by atoms with Crippen LogP contribution < -0.4 is 9.47 Å². The van der Waals surface area contributed by atoms with Crippen molar-refractivity contribution in [2.45, 2.75) is 37.5 Å². The molecule has 0 bridgehead atoms. The summed E-state index contributed by atoms with van der Waals surface area (Å²) in [5.74, 6) is 0.733. The molecule has 1 aliphatic carbocycles. The van der Waals surface area contributed by atoms with Gasteiger partial charge in [0.15, 0.2) is 11.5 Å². The lowest BCUT2D eigenvalue weighted by atomic mass is 9.65. The summed E-state index contributed by atoms with van der Waals surface area (Å²) < 4.78 is 11.0. The topological polar surface area (TPSA) is 58.9 Å². The molecular weight excluding hydrogens is 470 g/mol. The van der Waals surface area contributed by atoms with E-state index in [4.69, 9.17) is 66.1 Å². The first-order valence-corrected chi connectivity index (χ1v) is 11.4. The van der Waals surface area contributed by atoms with Crippen LogP contribution in [-0.2, 0) is 5.41 Å². The Hall–Kier alpha value is -0.880. The molecule has 0 unspecified atom stereocenters. The average Bonchev–Trinajstić information content (AvgIpc) is 2.73. The minimum atomic E-state index is -0.343. The zero-order valence-corrected chi connectivity index (χ0v) is 19.4. The molecule has 164 valence electrons. The van der Waals surface area contributed by atoms with Crippen LogP contribution in [-0.4, -0.2) is 36.6 Å². The molecule has 0 atom stereocenters. The van der Waals surface area contributed by atoms with Gasteiger partial charge in [-0.05, 0) is 48.2 Å². The molecule has 8 heteroatoms. The SMILES string of the molecule is OCCOc1c(Cl)cc(C2(c3cc(Cl)c(OCCO)c(Cl)c3)CCCCC2)cc1Cl. The van der Waals surface area contributed by atoms with Gasteiger partial charge in [0.25, 0.3) is 0 Å². The van der Waals surface area contributed by atoms with E-state index in [0.717, 1.165) is 43.2 Å². The molecular formula is C22H24Cl4O4. The lowest BCUT2D eigenvalue weighted by molar-refractivity contribution is 0.201. The Kier molecular flexibility index (Phi) is 8.42. The van der Waals surface area contributed by atoms with E-state index in [-0.39, 0.29) is 31.8 Å². The van der Waals surface area contributed by atoms with Crippen molar-refractivity contribution >= 4 is 46.4 Å². The predicted molar refractivity (Wildman–Crippen MR) is 122 cm³/mol. The maximum Gasteiger partial charge on any atom is 0.156 e. The molecule has 0 amide bonds. The quantitative estimate of drug-likeness (QED) is 0.453. The molecule has 3 rings (SSSR count). The Balaban J connectivity index is 2.08. The third kappa shape index (κ3) is 4.95. The van der Waals surface area contributed by atoms with E-state index >= 15 is 0 Å². The molecule has 2 aromatic carbocycles. The summed E-state index contributed by atoms with van der Waals surface area (Å²) in [4.78, 5) is 0. The highest BCUT2D eigenvalue weighted by Crippen LogP contribution is 2.50. The number of halogens is 4. The van der Waals surface area contributed by atoms with Gasteiger partial charge in [-0.2, -0.15) is 0 Å². The maximum atomic E-state index is 9.03. The molecule has 1 saturated carbocycles. The van der Waals surface area contributed by atoms with Crippen LogP contribution in [0.2, 0.25) is 20.1 Å². The van der Waals surface area contributed by atoms with Gasteiger partial charge in [0, 0.05) is 5.41 Å². The van der Waals surface area contributed by atoms with E-state index < -0.39 is 0 Å². The molecule has 1 fully saturated rings. The maximum absolute atomic E-state index is 9.03. The first-order chi connectivity index (χ1) is 14.4. The van der Waals surface area contributed by atoms with Crippen LogP contribution in [0.5, 0.6) is 11.5 Å². The highest BCUT2D eigenvalue weighted by molar-refractivity contribution is 6.38. The Labute approximate surface area is 196 Å². The second kappa shape index (κ2) is 10.6. The van der Waals surface area contributed by atoms with Crippen LogP contribution in [0.25, 0.3) is 0 Å². The van der Waals surface area contributed by atoms with Crippen molar-refractivity contribution in [1.29, 1.82) is 0 Å². The van der Waals surface area contributed by atoms with Crippen LogP contribution in [0.3, 0.4) is 0 Å². The van der Waals surface area contributed by atoms with Crippen LogP contribution in [0.1, 0.15) is 43.2 Å². The Morgan fingerprint density at radius 3 is 1.37 bits per heavy atom. The molecule has 4 nitrogen and oxygen atoms in total. The standard InChI is InChI=1S/C22H24Cl4O4/c23-16-10-14(11-17(24)20(16)29-8-6-27)22(4-2-1-3-5-22)15-12-18(25)21(19(26)13-15)30-9-7-28/h10-13,27-28H,1-9H2. The monoisotopic (exact) mass is 492 g/mol. The van der Waals surface area contributed by atoms with Crippen molar-refractivity contribution < 1.29 is 19.7 Å². The average molecular weight is 494 g/mol. The van der Waals surface area contributed by atoms with Crippen LogP contribution in [0.15, 0.2) is 24.3 Å². The molecule has 0 aliphatic heterocycles. The van der Waals surface area contributed by atoms with Crippen molar-refractivity contribution in [1.82, 2.24) is 0 Å². The second-order valence-corrected chi connectivity index (χ2v) is 8.95. The minimum absolute atomic E-state index is 0.116. The molecule has 0 heterocycles. The molecule has 2 aromatic rings. The van der Waals surface area contributed by atoms with Crippen molar-refractivity contribution in [2.24, 2.45) is 0 Å². The smallest absolute Gasteiger partial charge is 0.156 e. The van der Waals surface area contributed by atoms with E-state index in [1.54, 1.807) is 0 Å². The van der Waals surface area contributed by atoms with Gasteiger partial charge in [-0.1, -0.05) is 65.7 Å². The first-order valence-electron chi connectivity index (χ1n) is 9.89. The molecule has 2 N–H and O–H groups in total. The van der Waals surface area contributed by atoms with Gasteiger partial charge in [-0.25, -0.2) is 0 Å². The van der Waals surface area contributed by atoms with E-state index in [0.29, 0.717) is 31.6 Å². The van der Waals surface area contributed by atoms with Crippen molar-refractivity contribution in [2.75, 3.05) is 26.4 Å². The summed E-state index contributed by atoms with van der Waals surface area (Å²) in [5, 5.41) is 19.6. The summed E-state index contributed by atoms with van der Waals surface area (Å²) in [6.45, 7) is -0.0189. The van der Waals surface area contributed by atoms with Crippen LogP contribution >= 0.6 is 46.4 Å². The highest BCUT2D eigenvalue weighted by atomic mass is 35.5. The number of rotatable bonds is 8. The normalized spacial score (nSPS) is 15.8. The second-order valence-electron chi connectivity index (χ2n) is 7.32. The van der Waals surface area contributed by atoms with E-state index in [1.807, 2.05) is 24.3 Å². The van der Waals surface area contributed by atoms with Crippen molar-refractivity contribution in [3.8, 4) is 11.5 Å². The molecule has 1 aliphatic rings. The molecule has 0 radical (unpaired) electrons. The third-order valence-corrected chi connectivity index (χ3v) is 6.61. The highest BCUT2D eigenvalue weighted by Gasteiger charge is 2.37. The summed E-state index contributed by atoms with van der Waals surface area (Å²) in [6.07, 6.45) is 5.06. The Morgan fingerprint density at radius 1 is 0.667 bits per heavy atom.